The molecule has 0 saturated carbocycles. The number of imidazole rings is 1. The van der Waals surface area contributed by atoms with Gasteiger partial charge in [-0.15, -0.1) is 0 Å². The number of aliphatic carboxylic acids is 1. The summed E-state index contributed by atoms with van der Waals surface area (Å²) >= 11 is 0.956. The molecule has 0 radical (unpaired) electrons. The molecule has 130 valence electrons. The quantitative estimate of drug-likeness (QED) is 0.560. The molecule has 0 N–H and O–H groups in total. The summed E-state index contributed by atoms with van der Waals surface area (Å²) in [4.78, 5) is 39.9. The second-order valence-electron chi connectivity index (χ2n) is 5.50. The monoisotopic (exact) mass is 359 g/mol. The van der Waals surface area contributed by atoms with E-state index in [1.165, 1.54) is 18.7 Å². The van der Waals surface area contributed by atoms with Crippen LogP contribution in [0.1, 0.15) is 5.56 Å². The lowest BCUT2D eigenvalue weighted by Crippen LogP contribution is -2.37. The highest BCUT2D eigenvalue weighted by atomic mass is 32.2. The van der Waals surface area contributed by atoms with E-state index in [-0.39, 0.29) is 16.9 Å². The summed E-state index contributed by atoms with van der Waals surface area (Å²) in [5.41, 5.74) is 0.451. The van der Waals surface area contributed by atoms with Gasteiger partial charge in [-0.25, -0.2) is 9.78 Å². The highest BCUT2D eigenvalue weighted by Crippen LogP contribution is 2.22. The number of carbonyl (C=O) groups is 1. The van der Waals surface area contributed by atoms with Gasteiger partial charge in [0.1, 0.15) is 0 Å². The van der Waals surface area contributed by atoms with Gasteiger partial charge in [0.15, 0.2) is 16.3 Å². The van der Waals surface area contributed by atoms with E-state index < -0.39 is 17.2 Å². The molecular formula is C16H15N4O4S-. The van der Waals surface area contributed by atoms with Crippen LogP contribution in [-0.2, 0) is 25.4 Å². The summed E-state index contributed by atoms with van der Waals surface area (Å²) in [6.07, 6.45) is 0. The number of fused-ring (bicyclic) bond motifs is 1. The van der Waals surface area contributed by atoms with Gasteiger partial charge in [0.2, 0.25) is 0 Å². The summed E-state index contributed by atoms with van der Waals surface area (Å²) in [7, 11) is 2.93. The zero-order valence-corrected chi connectivity index (χ0v) is 14.4. The molecule has 1 aromatic carbocycles. The third-order valence-electron chi connectivity index (χ3n) is 3.82. The number of rotatable bonds is 5. The fourth-order valence-electron chi connectivity index (χ4n) is 2.57. The summed E-state index contributed by atoms with van der Waals surface area (Å²) < 4.78 is 3.93. The van der Waals surface area contributed by atoms with Gasteiger partial charge in [0.25, 0.3) is 5.56 Å². The normalized spacial score (nSPS) is 11.1. The maximum atomic E-state index is 12.6. The van der Waals surface area contributed by atoms with Crippen molar-refractivity contribution in [2.75, 3.05) is 5.75 Å². The average molecular weight is 359 g/mol. The molecule has 0 saturated heterocycles. The fraction of sp³-hybridized carbons (Fsp3) is 0.250. The number of nitrogens with zero attached hydrogens (tertiary/aromatic N) is 4. The number of benzene rings is 1. The van der Waals surface area contributed by atoms with Gasteiger partial charge in [-0.05, 0) is 5.56 Å². The second-order valence-corrected chi connectivity index (χ2v) is 6.45. The molecule has 2 aromatic heterocycles. The SMILES string of the molecule is Cn1c(=O)c2c(nc(SCC(=O)[O-])n2Cc2ccccc2)n(C)c1=O. The Morgan fingerprint density at radius 1 is 1.16 bits per heavy atom. The molecule has 3 rings (SSSR count). The minimum Gasteiger partial charge on any atom is -0.549 e. The topological polar surface area (TPSA) is 102 Å². The van der Waals surface area contributed by atoms with Crippen LogP contribution in [0.2, 0.25) is 0 Å². The van der Waals surface area contributed by atoms with Crippen LogP contribution >= 0.6 is 11.8 Å². The molecular weight excluding hydrogens is 344 g/mol. The highest BCUT2D eigenvalue weighted by Gasteiger charge is 2.19. The number of aryl methyl sites for hydroxylation is 1. The zero-order valence-electron chi connectivity index (χ0n) is 13.6. The lowest BCUT2D eigenvalue weighted by Gasteiger charge is -2.09. The van der Waals surface area contributed by atoms with Crippen LogP contribution in [0.3, 0.4) is 0 Å². The van der Waals surface area contributed by atoms with Crippen molar-refractivity contribution in [1.29, 1.82) is 0 Å². The smallest absolute Gasteiger partial charge is 0.332 e. The van der Waals surface area contributed by atoms with Crippen molar-refractivity contribution in [2.24, 2.45) is 14.1 Å². The van der Waals surface area contributed by atoms with Crippen LogP contribution in [0.5, 0.6) is 0 Å². The first-order valence-corrected chi connectivity index (χ1v) is 8.41. The van der Waals surface area contributed by atoms with Crippen LogP contribution in [0.25, 0.3) is 11.2 Å². The van der Waals surface area contributed by atoms with Crippen molar-refractivity contribution in [3.8, 4) is 0 Å². The number of hydrogen-bond donors (Lipinski definition) is 0. The van der Waals surface area contributed by atoms with Gasteiger partial charge >= 0.3 is 5.69 Å². The molecule has 2 heterocycles. The van der Waals surface area contributed by atoms with E-state index in [2.05, 4.69) is 4.98 Å². The minimum absolute atomic E-state index is 0.227. The van der Waals surface area contributed by atoms with Crippen LogP contribution in [0.15, 0.2) is 45.1 Å². The van der Waals surface area contributed by atoms with E-state index in [0.717, 1.165) is 21.9 Å². The Balaban J connectivity index is 2.26. The average Bonchev–Trinajstić information content (AvgIpc) is 2.95. The number of carbonyl (C=O) groups excluding carboxylic acids is 1. The van der Waals surface area contributed by atoms with Gasteiger partial charge in [0, 0.05) is 19.8 Å². The molecule has 0 fully saturated rings. The summed E-state index contributed by atoms with van der Waals surface area (Å²) in [5, 5.41) is 11.2. The predicted octanol–water partition coefficient (Wildman–Crippen LogP) is -0.676. The number of carboxylic acids is 1. The van der Waals surface area contributed by atoms with E-state index in [4.69, 9.17) is 0 Å². The largest absolute Gasteiger partial charge is 0.549 e. The number of hydrogen-bond acceptors (Lipinski definition) is 6. The minimum atomic E-state index is -1.23. The van der Waals surface area contributed by atoms with Gasteiger partial charge in [0.05, 0.1) is 12.5 Å². The molecule has 0 unspecified atom stereocenters. The van der Waals surface area contributed by atoms with Gasteiger partial charge in [-0.3, -0.25) is 13.9 Å². The standard InChI is InChI=1S/C16H16N4O4S/c1-18-13-12(14(23)19(2)16(18)24)20(8-10-6-4-3-5-7-10)15(17-13)25-9-11(21)22/h3-7H,8-9H2,1-2H3,(H,21,22)/p-1. The van der Waals surface area contributed by atoms with Crippen LogP contribution < -0.4 is 16.4 Å². The van der Waals surface area contributed by atoms with Crippen molar-refractivity contribution in [1.82, 2.24) is 18.7 Å². The fourth-order valence-corrected chi connectivity index (χ4v) is 3.28. The van der Waals surface area contributed by atoms with E-state index in [9.17, 15) is 19.5 Å². The first kappa shape index (κ1) is 17.0. The van der Waals surface area contributed by atoms with Crippen molar-refractivity contribution < 1.29 is 9.90 Å². The van der Waals surface area contributed by atoms with Crippen molar-refractivity contribution in [3.63, 3.8) is 0 Å². The molecule has 0 spiro atoms. The van der Waals surface area contributed by atoms with Crippen LogP contribution in [-0.4, -0.2) is 30.4 Å². The Hall–Kier alpha value is -2.81. The summed E-state index contributed by atoms with van der Waals surface area (Å²) in [5.74, 6) is -1.53. The molecule has 0 amide bonds. The Labute approximate surface area is 146 Å². The molecule has 0 aliphatic carbocycles. The molecule has 0 bridgehead atoms. The number of thioether (sulfide) groups is 1. The van der Waals surface area contributed by atoms with Gasteiger partial charge < -0.3 is 14.5 Å². The molecule has 9 heteroatoms. The Kier molecular flexibility index (Phi) is 4.49. The third kappa shape index (κ3) is 3.10. The lowest BCUT2D eigenvalue weighted by molar-refractivity contribution is -0.301. The molecule has 3 aromatic rings. The van der Waals surface area contributed by atoms with Crippen LogP contribution in [0.4, 0.5) is 0 Å². The lowest BCUT2D eigenvalue weighted by atomic mass is 10.2. The summed E-state index contributed by atoms with van der Waals surface area (Å²) in [6.45, 7) is 0.333. The highest BCUT2D eigenvalue weighted by molar-refractivity contribution is 7.99. The molecule has 0 atom stereocenters. The molecule has 8 nitrogen and oxygen atoms in total. The molecule has 25 heavy (non-hydrogen) atoms. The van der Waals surface area contributed by atoms with E-state index in [1.54, 1.807) is 4.57 Å². The molecule has 0 aliphatic heterocycles. The van der Waals surface area contributed by atoms with Gasteiger partial charge in [-0.1, -0.05) is 42.1 Å². The van der Waals surface area contributed by atoms with E-state index in [1.807, 2.05) is 30.3 Å². The van der Waals surface area contributed by atoms with Gasteiger partial charge in [-0.2, -0.15) is 0 Å². The van der Waals surface area contributed by atoms with Crippen molar-refractivity contribution in [3.05, 3.63) is 56.7 Å². The van der Waals surface area contributed by atoms with Crippen molar-refractivity contribution in [2.45, 2.75) is 11.7 Å². The zero-order chi connectivity index (χ0) is 18.1. The first-order chi connectivity index (χ1) is 11.9. The summed E-state index contributed by atoms with van der Waals surface area (Å²) in [6, 6.07) is 9.41. The van der Waals surface area contributed by atoms with E-state index in [0.29, 0.717) is 11.7 Å². The van der Waals surface area contributed by atoms with Crippen LogP contribution in [0, 0.1) is 0 Å². The second kappa shape index (κ2) is 6.60. The first-order valence-electron chi connectivity index (χ1n) is 7.43. The van der Waals surface area contributed by atoms with E-state index >= 15 is 0 Å². The van der Waals surface area contributed by atoms with Crippen molar-refractivity contribution >= 4 is 28.9 Å². The Bertz CT molecular complexity index is 1070. The third-order valence-corrected chi connectivity index (χ3v) is 4.77. The Morgan fingerprint density at radius 3 is 2.48 bits per heavy atom. The maximum absolute atomic E-state index is 12.6. The maximum Gasteiger partial charge on any atom is 0.332 e. The Morgan fingerprint density at radius 2 is 1.84 bits per heavy atom. The number of aromatic nitrogens is 4. The predicted molar refractivity (Wildman–Crippen MR) is 91.5 cm³/mol. The molecule has 0 aliphatic rings. The number of carboxylic acid groups (broad SMARTS) is 1.